The molecule has 0 saturated carbocycles. The fraction of sp³-hybridized carbons (Fsp3) is 0.500. The van der Waals surface area contributed by atoms with E-state index in [0.29, 0.717) is 0 Å². The summed E-state index contributed by atoms with van der Waals surface area (Å²) in [5.41, 5.74) is 2.91. The quantitative estimate of drug-likeness (QED) is 0.498. The van der Waals surface area contributed by atoms with Crippen LogP contribution in [0.25, 0.3) is 0 Å². The van der Waals surface area contributed by atoms with Crippen molar-refractivity contribution in [2.75, 3.05) is 6.54 Å². The summed E-state index contributed by atoms with van der Waals surface area (Å²) in [7, 11) is 0. The van der Waals surface area contributed by atoms with Gasteiger partial charge < -0.3 is 5.32 Å². The van der Waals surface area contributed by atoms with E-state index in [1.54, 1.807) is 0 Å². The minimum Gasteiger partial charge on any atom is -0.313 e. The highest BCUT2D eigenvalue weighted by atomic mass is 14.8. The van der Waals surface area contributed by atoms with Gasteiger partial charge in [0.2, 0.25) is 0 Å². The zero-order chi connectivity index (χ0) is 12.3. The van der Waals surface area contributed by atoms with E-state index < -0.39 is 0 Å². The van der Waals surface area contributed by atoms with Crippen LogP contribution >= 0.6 is 0 Å². The molecule has 0 aromatic heterocycles. The SMILES string of the molecule is C=CCCCCCNCc1ccccc1CC. The van der Waals surface area contributed by atoms with Gasteiger partial charge in [-0.3, -0.25) is 0 Å². The molecule has 0 atom stereocenters. The molecule has 1 heteroatoms. The first-order valence-electron chi connectivity index (χ1n) is 6.77. The number of nitrogens with one attached hydrogen (secondary N) is 1. The molecule has 0 spiro atoms. The van der Waals surface area contributed by atoms with E-state index in [1.807, 2.05) is 6.08 Å². The number of aryl methyl sites for hydroxylation is 1. The van der Waals surface area contributed by atoms with Crippen molar-refractivity contribution in [3.63, 3.8) is 0 Å². The summed E-state index contributed by atoms with van der Waals surface area (Å²) in [6, 6.07) is 8.70. The smallest absolute Gasteiger partial charge is 0.0208 e. The predicted octanol–water partition coefficient (Wildman–Crippen LogP) is 4.09. The lowest BCUT2D eigenvalue weighted by Crippen LogP contribution is -2.15. The average molecular weight is 231 g/mol. The van der Waals surface area contributed by atoms with Gasteiger partial charge in [-0.05, 0) is 43.4 Å². The Kier molecular flexibility index (Phi) is 7.40. The number of unbranched alkanes of at least 4 members (excludes halogenated alkanes) is 3. The Balaban J connectivity index is 2.15. The van der Waals surface area contributed by atoms with Gasteiger partial charge in [0.15, 0.2) is 0 Å². The second-order valence-electron chi connectivity index (χ2n) is 4.44. The third-order valence-electron chi connectivity index (χ3n) is 3.08. The molecule has 1 aromatic rings. The topological polar surface area (TPSA) is 12.0 Å². The molecule has 1 N–H and O–H groups in total. The molecule has 0 aliphatic rings. The maximum atomic E-state index is 3.74. The van der Waals surface area contributed by atoms with Crippen LogP contribution < -0.4 is 5.32 Å². The van der Waals surface area contributed by atoms with Crippen LogP contribution in [-0.4, -0.2) is 6.54 Å². The number of hydrogen-bond acceptors (Lipinski definition) is 1. The van der Waals surface area contributed by atoms with Crippen molar-refractivity contribution in [1.29, 1.82) is 0 Å². The van der Waals surface area contributed by atoms with E-state index in [4.69, 9.17) is 0 Å². The highest BCUT2D eigenvalue weighted by Gasteiger charge is 1.98. The molecule has 1 nitrogen and oxygen atoms in total. The summed E-state index contributed by atoms with van der Waals surface area (Å²) in [5, 5.41) is 3.53. The van der Waals surface area contributed by atoms with Gasteiger partial charge in [0.1, 0.15) is 0 Å². The van der Waals surface area contributed by atoms with Crippen molar-refractivity contribution in [3.8, 4) is 0 Å². The van der Waals surface area contributed by atoms with Crippen LogP contribution in [0.2, 0.25) is 0 Å². The van der Waals surface area contributed by atoms with Crippen molar-refractivity contribution in [2.24, 2.45) is 0 Å². The Labute approximate surface area is 106 Å². The standard InChI is InChI=1S/C16H25N/c1-3-5-6-7-10-13-17-14-16-12-9-8-11-15(16)4-2/h3,8-9,11-12,17H,1,4-7,10,13-14H2,2H3. The zero-order valence-corrected chi connectivity index (χ0v) is 11.0. The fourth-order valence-electron chi connectivity index (χ4n) is 2.01. The van der Waals surface area contributed by atoms with E-state index >= 15 is 0 Å². The van der Waals surface area contributed by atoms with Crippen LogP contribution in [0, 0.1) is 0 Å². The summed E-state index contributed by atoms with van der Waals surface area (Å²) in [6.45, 7) is 8.08. The highest BCUT2D eigenvalue weighted by Crippen LogP contribution is 2.09. The number of allylic oxidation sites excluding steroid dienone is 1. The number of benzene rings is 1. The lowest BCUT2D eigenvalue weighted by Gasteiger charge is -2.08. The number of rotatable bonds is 9. The predicted molar refractivity (Wildman–Crippen MR) is 76.2 cm³/mol. The zero-order valence-electron chi connectivity index (χ0n) is 11.0. The van der Waals surface area contributed by atoms with E-state index in [2.05, 4.69) is 43.1 Å². The molecule has 94 valence electrons. The summed E-state index contributed by atoms with van der Waals surface area (Å²) in [6.07, 6.45) is 8.12. The minimum absolute atomic E-state index is 1.01. The molecule has 0 fully saturated rings. The third-order valence-corrected chi connectivity index (χ3v) is 3.08. The van der Waals surface area contributed by atoms with Crippen molar-refractivity contribution in [3.05, 3.63) is 48.0 Å². The molecule has 0 bridgehead atoms. The molecule has 0 saturated heterocycles. The minimum atomic E-state index is 1.01. The summed E-state index contributed by atoms with van der Waals surface area (Å²) >= 11 is 0. The first-order valence-corrected chi connectivity index (χ1v) is 6.77. The Morgan fingerprint density at radius 3 is 2.59 bits per heavy atom. The Bertz CT molecular complexity index is 317. The van der Waals surface area contributed by atoms with Gasteiger partial charge in [0.25, 0.3) is 0 Å². The van der Waals surface area contributed by atoms with Gasteiger partial charge in [-0.25, -0.2) is 0 Å². The van der Waals surface area contributed by atoms with Gasteiger partial charge in [-0.1, -0.05) is 43.7 Å². The summed E-state index contributed by atoms with van der Waals surface area (Å²) < 4.78 is 0. The summed E-state index contributed by atoms with van der Waals surface area (Å²) in [4.78, 5) is 0. The normalized spacial score (nSPS) is 10.4. The lowest BCUT2D eigenvalue weighted by molar-refractivity contribution is 0.604. The largest absolute Gasteiger partial charge is 0.313 e. The van der Waals surface area contributed by atoms with Crippen molar-refractivity contribution in [1.82, 2.24) is 5.32 Å². The second kappa shape index (κ2) is 9.00. The van der Waals surface area contributed by atoms with Crippen molar-refractivity contribution < 1.29 is 0 Å². The molecule has 0 radical (unpaired) electrons. The van der Waals surface area contributed by atoms with Crippen molar-refractivity contribution in [2.45, 2.75) is 45.6 Å². The fourth-order valence-corrected chi connectivity index (χ4v) is 2.01. The van der Waals surface area contributed by atoms with E-state index in [0.717, 1.165) is 25.9 Å². The van der Waals surface area contributed by atoms with E-state index in [-0.39, 0.29) is 0 Å². The maximum absolute atomic E-state index is 3.74. The molecule has 0 aliphatic carbocycles. The van der Waals surface area contributed by atoms with Gasteiger partial charge in [0, 0.05) is 6.54 Å². The highest BCUT2D eigenvalue weighted by molar-refractivity contribution is 5.26. The first-order chi connectivity index (χ1) is 8.38. The molecule has 1 aromatic carbocycles. The lowest BCUT2D eigenvalue weighted by atomic mass is 10.1. The third kappa shape index (κ3) is 5.69. The van der Waals surface area contributed by atoms with Crippen LogP contribution in [0.1, 0.15) is 43.7 Å². The molecule has 0 amide bonds. The summed E-state index contributed by atoms with van der Waals surface area (Å²) in [5.74, 6) is 0. The van der Waals surface area contributed by atoms with Gasteiger partial charge >= 0.3 is 0 Å². The molecular formula is C16H25N. The van der Waals surface area contributed by atoms with Gasteiger partial charge in [-0.2, -0.15) is 0 Å². The molecule has 17 heavy (non-hydrogen) atoms. The first kappa shape index (κ1) is 14.0. The van der Waals surface area contributed by atoms with Crippen LogP contribution in [0.5, 0.6) is 0 Å². The van der Waals surface area contributed by atoms with E-state index in [1.165, 1.54) is 30.4 Å². The van der Waals surface area contributed by atoms with Crippen LogP contribution in [0.15, 0.2) is 36.9 Å². The second-order valence-corrected chi connectivity index (χ2v) is 4.44. The monoisotopic (exact) mass is 231 g/mol. The number of hydrogen-bond donors (Lipinski definition) is 1. The Morgan fingerprint density at radius 1 is 1.12 bits per heavy atom. The Hall–Kier alpha value is -1.08. The molecule has 0 unspecified atom stereocenters. The molecule has 0 heterocycles. The van der Waals surface area contributed by atoms with E-state index in [9.17, 15) is 0 Å². The van der Waals surface area contributed by atoms with Crippen LogP contribution in [-0.2, 0) is 13.0 Å². The van der Waals surface area contributed by atoms with Crippen molar-refractivity contribution >= 4 is 0 Å². The van der Waals surface area contributed by atoms with Gasteiger partial charge in [0.05, 0.1) is 0 Å². The van der Waals surface area contributed by atoms with Gasteiger partial charge in [-0.15, -0.1) is 6.58 Å². The molecular weight excluding hydrogens is 206 g/mol. The molecule has 1 rings (SSSR count). The van der Waals surface area contributed by atoms with Crippen LogP contribution in [0.4, 0.5) is 0 Å². The average Bonchev–Trinajstić information content (AvgIpc) is 2.38. The maximum Gasteiger partial charge on any atom is 0.0208 e. The van der Waals surface area contributed by atoms with Crippen LogP contribution in [0.3, 0.4) is 0 Å². The Morgan fingerprint density at radius 2 is 1.88 bits per heavy atom. The molecule has 0 aliphatic heterocycles.